The zero-order valence-corrected chi connectivity index (χ0v) is 19.8. The van der Waals surface area contributed by atoms with Crippen LogP contribution in [0.3, 0.4) is 0 Å². The first kappa shape index (κ1) is 23.8. The van der Waals surface area contributed by atoms with Gasteiger partial charge in [0.15, 0.2) is 6.29 Å². The van der Waals surface area contributed by atoms with Crippen molar-refractivity contribution >= 4 is 14.3 Å². The summed E-state index contributed by atoms with van der Waals surface area (Å²) in [6.45, 7) is 13.9. The summed E-state index contributed by atoms with van der Waals surface area (Å²) in [7, 11) is -0.765. The summed E-state index contributed by atoms with van der Waals surface area (Å²) in [6.07, 6.45) is 2.01. The van der Waals surface area contributed by atoms with Gasteiger partial charge in [0.05, 0.1) is 19.8 Å². The molecular weight excluding hydrogens is 384 g/mol. The second-order valence-electron chi connectivity index (χ2n) is 8.53. The van der Waals surface area contributed by atoms with E-state index in [4.69, 9.17) is 18.6 Å². The highest BCUT2D eigenvalue weighted by atomic mass is 28.4. The number of rotatable bonds is 8. The van der Waals surface area contributed by atoms with Gasteiger partial charge < -0.3 is 18.6 Å². The van der Waals surface area contributed by atoms with Crippen LogP contribution in [0.1, 0.15) is 53.4 Å². The Bertz CT molecular complexity index is 649. The van der Waals surface area contributed by atoms with Crippen LogP contribution < -0.4 is 0 Å². The van der Waals surface area contributed by atoms with Gasteiger partial charge in [0, 0.05) is 11.6 Å². The van der Waals surface area contributed by atoms with E-state index in [1.807, 2.05) is 30.3 Å². The summed E-state index contributed by atoms with van der Waals surface area (Å²) >= 11 is 0. The minimum absolute atomic E-state index is 0.269. The van der Waals surface area contributed by atoms with Crippen molar-refractivity contribution in [2.45, 2.75) is 76.7 Å². The highest BCUT2D eigenvalue weighted by molar-refractivity contribution is 6.77. The molecule has 0 aliphatic carbocycles. The smallest absolute Gasteiger partial charge is 0.330 e. The molecule has 5 nitrogen and oxygen atoms in total. The highest BCUT2D eigenvalue weighted by Crippen LogP contribution is 2.44. The van der Waals surface area contributed by atoms with Gasteiger partial charge in [-0.15, -0.1) is 0 Å². The van der Waals surface area contributed by atoms with E-state index in [-0.39, 0.29) is 6.10 Å². The maximum absolute atomic E-state index is 11.7. The van der Waals surface area contributed by atoms with Crippen LogP contribution in [-0.2, 0) is 23.4 Å². The lowest BCUT2D eigenvalue weighted by Gasteiger charge is -2.47. The summed E-state index contributed by atoms with van der Waals surface area (Å²) < 4.78 is 24.0. The van der Waals surface area contributed by atoms with Gasteiger partial charge in [-0.25, -0.2) is 4.79 Å². The minimum Gasteiger partial charge on any atom is -0.466 e. The minimum atomic E-state index is -2.13. The number of hydrogen-bond donors (Lipinski definition) is 0. The summed E-state index contributed by atoms with van der Waals surface area (Å²) in [4.78, 5) is 11.7. The van der Waals surface area contributed by atoms with Crippen LogP contribution in [0, 0.1) is 0 Å². The lowest BCUT2D eigenvalue weighted by atomic mass is 10.1. The van der Waals surface area contributed by atoms with Gasteiger partial charge in [0.2, 0.25) is 8.32 Å². The summed E-state index contributed by atoms with van der Waals surface area (Å²) in [6, 6.07) is 9.82. The molecule has 1 aliphatic rings. The van der Waals surface area contributed by atoms with Crippen LogP contribution in [0.15, 0.2) is 42.5 Å². The van der Waals surface area contributed by atoms with Crippen molar-refractivity contribution in [2.75, 3.05) is 13.7 Å². The molecule has 2 rings (SSSR count). The lowest BCUT2D eigenvalue weighted by Crippen LogP contribution is -2.55. The molecule has 0 radical (unpaired) electrons. The molecule has 162 valence electrons. The first-order valence-corrected chi connectivity index (χ1v) is 12.6. The largest absolute Gasteiger partial charge is 0.466 e. The van der Waals surface area contributed by atoms with Crippen molar-refractivity contribution in [3.8, 4) is 0 Å². The molecule has 3 atom stereocenters. The molecule has 1 aromatic rings. The molecule has 29 heavy (non-hydrogen) atoms. The highest BCUT2D eigenvalue weighted by Gasteiger charge is 2.48. The fourth-order valence-electron chi connectivity index (χ4n) is 4.51. The molecule has 1 heterocycles. The van der Waals surface area contributed by atoms with Crippen molar-refractivity contribution in [1.82, 2.24) is 0 Å². The molecule has 0 N–H and O–H groups in total. The van der Waals surface area contributed by atoms with E-state index < -0.39 is 26.7 Å². The van der Waals surface area contributed by atoms with Gasteiger partial charge in [-0.3, -0.25) is 0 Å². The van der Waals surface area contributed by atoms with E-state index in [1.54, 1.807) is 6.08 Å². The average molecular weight is 421 g/mol. The third-order valence-corrected chi connectivity index (χ3v) is 11.9. The van der Waals surface area contributed by atoms with E-state index >= 15 is 0 Å². The molecule has 1 fully saturated rings. The Labute approximate surface area is 176 Å². The molecule has 1 unspecified atom stereocenters. The number of carbonyl (C=O) groups excluding carboxylic acids is 1. The van der Waals surface area contributed by atoms with Gasteiger partial charge in [-0.1, -0.05) is 71.9 Å². The number of hydrogen-bond acceptors (Lipinski definition) is 5. The topological polar surface area (TPSA) is 54.0 Å². The van der Waals surface area contributed by atoms with Crippen molar-refractivity contribution in [1.29, 1.82) is 0 Å². The number of benzene rings is 1. The van der Waals surface area contributed by atoms with Crippen molar-refractivity contribution < 1.29 is 23.4 Å². The molecule has 0 amide bonds. The van der Waals surface area contributed by atoms with Gasteiger partial charge in [0.25, 0.3) is 0 Å². The zero-order chi connectivity index (χ0) is 21.6. The van der Waals surface area contributed by atoms with E-state index in [0.717, 1.165) is 5.56 Å². The molecule has 0 spiro atoms. The molecular formula is C23H36O5Si. The van der Waals surface area contributed by atoms with Crippen molar-refractivity contribution in [3.05, 3.63) is 48.0 Å². The Morgan fingerprint density at radius 2 is 1.66 bits per heavy atom. The lowest BCUT2D eigenvalue weighted by molar-refractivity contribution is -0.241. The fourth-order valence-corrected chi connectivity index (χ4v) is 10.1. The first-order chi connectivity index (χ1) is 13.7. The molecule has 1 saturated heterocycles. The van der Waals surface area contributed by atoms with Gasteiger partial charge in [-0.05, 0) is 22.7 Å². The Hall–Kier alpha value is -1.47. The number of ether oxygens (including phenoxy) is 3. The van der Waals surface area contributed by atoms with Crippen LogP contribution in [0.5, 0.6) is 0 Å². The third kappa shape index (κ3) is 5.57. The second kappa shape index (κ2) is 10.5. The SMILES string of the molecule is COC(=O)/C=C/[C@@H]1OC(c2ccccc2)OC[C@H]1O[Si](C(C)C)(C(C)C)C(C)C. The van der Waals surface area contributed by atoms with Crippen molar-refractivity contribution in [3.63, 3.8) is 0 Å². The van der Waals surface area contributed by atoms with Crippen molar-refractivity contribution in [2.24, 2.45) is 0 Å². The predicted octanol–water partition coefficient (Wildman–Crippen LogP) is 5.39. The second-order valence-corrected chi connectivity index (χ2v) is 13.9. The number of carbonyl (C=O) groups is 1. The maximum Gasteiger partial charge on any atom is 0.330 e. The summed E-state index contributed by atoms with van der Waals surface area (Å²) in [5.74, 6) is -0.407. The average Bonchev–Trinajstić information content (AvgIpc) is 2.70. The molecule has 0 aromatic heterocycles. The summed E-state index contributed by atoms with van der Waals surface area (Å²) in [5.41, 5.74) is 2.28. The van der Waals surface area contributed by atoms with Crippen LogP contribution in [0.2, 0.25) is 16.6 Å². The quantitative estimate of drug-likeness (QED) is 0.321. The van der Waals surface area contributed by atoms with Gasteiger partial charge >= 0.3 is 5.97 Å². The van der Waals surface area contributed by atoms with Crippen LogP contribution in [0.4, 0.5) is 0 Å². The Balaban J connectivity index is 2.30. The Morgan fingerprint density at radius 1 is 1.07 bits per heavy atom. The van der Waals surface area contributed by atoms with E-state index in [2.05, 4.69) is 41.5 Å². The van der Waals surface area contributed by atoms with Gasteiger partial charge in [0.1, 0.15) is 6.10 Å². The number of methoxy groups -OCH3 is 1. The Morgan fingerprint density at radius 3 is 2.17 bits per heavy atom. The monoisotopic (exact) mass is 420 g/mol. The third-order valence-electron chi connectivity index (χ3n) is 5.82. The van der Waals surface area contributed by atoms with E-state index in [9.17, 15) is 4.79 Å². The Kier molecular flexibility index (Phi) is 8.64. The summed E-state index contributed by atoms with van der Waals surface area (Å²) in [5, 5.41) is 0. The fraction of sp³-hybridized carbons (Fsp3) is 0.609. The van der Waals surface area contributed by atoms with Crippen LogP contribution >= 0.6 is 0 Å². The molecule has 1 aliphatic heterocycles. The van der Waals surface area contributed by atoms with Gasteiger partial charge in [-0.2, -0.15) is 0 Å². The normalized spacial score (nSPS) is 23.3. The van der Waals surface area contributed by atoms with E-state index in [1.165, 1.54) is 13.2 Å². The van der Waals surface area contributed by atoms with E-state index in [0.29, 0.717) is 23.2 Å². The maximum atomic E-state index is 11.7. The number of esters is 1. The van der Waals surface area contributed by atoms with Crippen LogP contribution in [0.25, 0.3) is 0 Å². The molecule has 6 heteroatoms. The molecule has 0 saturated carbocycles. The zero-order valence-electron chi connectivity index (χ0n) is 18.8. The predicted molar refractivity (Wildman–Crippen MR) is 117 cm³/mol. The standard InChI is InChI=1S/C23H36O5Si/c1-16(2)29(17(3)4,18(5)6)28-21-15-26-23(19-11-9-8-10-12-19)27-20(21)13-14-22(24)25-7/h8-14,16-18,20-21,23H,15H2,1-7H3/b14-13+/t20-,21+,23?/m0/s1. The molecule has 0 bridgehead atoms. The van der Waals surface area contributed by atoms with Crippen LogP contribution in [-0.4, -0.2) is 40.2 Å². The molecule has 1 aromatic carbocycles. The first-order valence-electron chi connectivity index (χ1n) is 10.5.